The van der Waals surface area contributed by atoms with E-state index in [1.165, 1.54) is 36.4 Å². The van der Waals surface area contributed by atoms with Crippen molar-refractivity contribution in [2.45, 2.75) is 18.6 Å². The molecule has 1 aliphatic carbocycles. The zero-order valence-corrected chi connectivity index (χ0v) is 20.8. The van der Waals surface area contributed by atoms with Crippen LogP contribution in [0.25, 0.3) is 0 Å². The van der Waals surface area contributed by atoms with E-state index in [1.54, 1.807) is 43.3 Å². The molecular formula is C29H20ClNO7. The van der Waals surface area contributed by atoms with Crippen LogP contribution in [0.1, 0.15) is 49.7 Å². The van der Waals surface area contributed by atoms with Crippen LogP contribution in [0.3, 0.4) is 0 Å². The Bertz CT molecular complexity index is 1510. The molecule has 2 amide bonds. The molecule has 0 N–H and O–H groups in total. The van der Waals surface area contributed by atoms with E-state index in [2.05, 4.69) is 0 Å². The first-order valence-electron chi connectivity index (χ1n) is 12.1. The minimum absolute atomic E-state index is 0.153. The van der Waals surface area contributed by atoms with Gasteiger partial charge in [-0.3, -0.25) is 19.2 Å². The third-order valence-electron chi connectivity index (χ3n) is 7.33. The van der Waals surface area contributed by atoms with E-state index >= 15 is 0 Å². The van der Waals surface area contributed by atoms with Gasteiger partial charge >= 0.3 is 5.97 Å². The first-order chi connectivity index (χ1) is 18.3. The fraction of sp³-hybridized carbons (Fsp3) is 0.207. The number of fused-ring (bicyclic) bond motifs is 3. The Morgan fingerprint density at radius 1 is 0.921 bits per heavy atom. The predicted octanol–water partition coefficient (Wildman–Crippen LogP) is 4.21. The van der Waals surface area contributed by atoms with Crippen LogP contribution in [0.15, 0.2) is 72.8 Å². The molecule has 1 spiro atoms. The van der Waals surface area contributed by atoms with Crippen molar-refractivity contribution in [1.82, 2.24) is 0 Å². The van der Waals surface area contributed by atoms with E-state index in [-0.39, 0.29) is 29.0 Å². The molecule has 3 aromatic rings. The van der Waals surface area contributed by atoms with Crippen molar-refractivity contribution >= 4 is 46.6 Å². The number of nitrogens with zero attached hydrogens (tertiary/aromatic N) is 1. The number of rotatable bonds is 4. The van der Waals surface area contributed by atoms with Gasteiger partial charge in [0.05, 0.1) is 35.8 Å². The first-order valence-corrected chi connectivity index (χ1v) is 12.4. The summed E-state index contributed by atoms with van der Waals surface area (Å²) in [5, 5.41) is 0.374. The van der Waals surface area contributed by atoms with Crippen molar-refractivity contribution in [3.63, 3.8) is 0 Å². The molecule has 2 saturated heterocycles. The second-order valence-corrected chi connectivity index (χ2v) is 9.75. The van der Waals surface area contributed by atoms with Crippen molar-refractivity contribution < 1.29 is 33.4 Å². The van der Waals surface area contributed by atoms with Gasteiger partial charge in [-0.25, -0.2) is 9.69 Å². The Kier molecular flexibility index (Phi) is 5.55. The number of imide groups is 1. The summed E-state index contributed by atoms with van der Waals surface area (Å²) in [4.78, 5) is 68.5. The molecule has 38 heavy (non-hydrogen) atoms. The Morgan fingerprint density at radius 2 is 1.58 bits per heavy atom. The molecule has 2 aliphatic heterocycles. The Balaban J connectivity index is 1.47. The van der Waals surface area contributed by atoms with Gasteiger partial charge in [0.15, 0.2) is 0 Å². The Morgan fingerprint density at radius 3 is 2.18 bits per heavy atom. The summed E-state index contributed by atoms with van der Waals surface area (Å²) in [6.07, 6.45) is -1.07. The van der Waals surface area contributed by atoms with Gasteiger partial charge in [-0.1, -0.05) is 48.0 Å². The van der Waals surface area contributed by atoms with Crippen LogP contribution >= 0.6 is 11.6 Å². The number of benzene rings is 3. The number of hydrogen-bond acceptors (Lipinski definition) is 7. The molecule has 0 aromatic heterocycles. The number of esters is 1. The van der Waals surface area contributed by atoms with Gasteiger partial charge in [-0.2, -0.15) is 0 Å². The largest absolute Gasteiger partial charge is 0.462 e. The molecule has 3 atom stereocenters. The maximum Gasteiger partial charge on any atom is 0.338 e. The number of Topliss-reactive ketones (excluding diaryl/α,β-unsaturated/α-hetero) is 2. The van der Waals surface area contributed by atoms with Crippen LogP contribution in [0.4, 0.5) is 5.69 Å². The zero-order chi connectivity index (χ0) is 26.8. The van der Waals surface area contributed by atoms with Crippen LogP contribution in [0.5, 0.6) is 0 Å². The smallest absolute Gasteiger partial charge is 0.338 e. The molecule has 0 saturated carbocycles. The number of ether oxygens (including phenoxy) is 2. The SMILES string of the molecule is CCOC(=O)c1ccc(N2C(=O)[C@@H]3[C@@H](c4cccc(Cl)c4)OC4(C(=O)c5ccccc5C4=O)[C@@H]3C2=O)cc1. The monoisotopic (exact) mass is 529 g/mol. The Labute approximate surface area is 222 Å². The fourth-order valence-electron chi connectivity index (χ4n) is 5.72. The molecule has 0 bridgehead atoms. The lowest BCUT2D eigenvalue weighted by molar-refractivity contribution is -0.127. The van der Waals surface area contributed by atoms with Gasteiger partial charge < -0.3 is 9.47 Å². The number of amides is 2. The maximum absolute atomic E-state index is 14.0. The van der Waals surface area contributed by atoms with Crippen LogP contribution in [0.2, 0.25) is 5.02 Å². The van der Waals surface area contributed by atoms with E-state index in [9.17, 15) is 24.0 Å². The van der Waals surface area contributed by atoms with Gasteiger partial charge in [0.25, 0.3) is 0 Å². The molecule has 6 rings (SSSR count). The molecule has 2 heterocycles. The molecular weight excluding hydrogens is 510 g/mol. The lowest BCUT2D eigenvalue weighted by Gasteiger charge is -2.27. The fourth-order valence-corrected chi connectivity index (χ4v) is 5.92. The van der Waals surface area contributed by atoms with Crippen LogP contribution in [-0.2, 0) is 19.1 Å². The molecule has 2 fully saturated rings. The number of halogens is 1. The second kappa shape index (κ2) is 8.72. The molecule has 3 aliphatic rings. The summed E-state index contributed by atoms with van der Waals surface area (Å²) in [6, 6.07) is 18.7. The maximum atomic E-state index is 14.0. The highest BCUT2D eigenvalue weighted by molar-refractivity contribution is 6.37. The average molecular weight is 530 g/mol. The number of carbonyl (C=O) groups is 5. The van der Waals surface area contributed by atoms with E-state index < -0.39 is 52.9 Å². The van der Waals surface area contributed by atoms with Gasteiger partial charge in [0.2, 0.25) is 29.0 Å². The highest BCUT2D eigenvalue weighted by Gasteiger charge is 2.74. The van der Waals surface area contributed by atoms with Crippen molar-refractivity contribution in [3.8, 4) is 0 Å². The molecule has 0 radical (unpaired) electrons. The van der Waals surface area contributed by atoms with Gasteiger partial charge in [-0.15, -0.1) is 0 Å². The number of anilines is 1. The first kappa shape index (κ1) is 24.2. The number of ketones is 2. The average Bonchev–Trinajstić information content (AvgIpc) is 3.49. The topological polar surface area (TPSA) is 107 Å². The third kappa shape index (κ3) is 3.23. The van der Waals surface area contributed by atoms with Gasteiger partial charge in [-0.05, 0) is 48.9 Å². The second-order valence-electron chi connectivity index (χ2n) is 9.32. The highest BCUT2D eigenvalue weighted by Crippen LogP contribution is 2.57. The summed E-state index contributed by atoms with van der Waals surface area (Å²) in [5.74, 6) is -5.67. The van der Waals surface area contributed by atoms with Crippen LogP contribution < -0.4 is 4.90 Å². The van der Waals surface area contributed by atoms with E-state index in [1.807, 2.05) is 0 Å². The van der Waals surface area contributed by atoms with Crippen LogP contribution in [-0.4, -0.2) is 41.6 Å². The van der Waals surface area contributed by atoms with E-state index in [0.717, 1.165) is 4.90 Å². The molecule has 9 heteroatoms. The van der Waals surface area contributed by atoms with E-state index in [4.69, 9.17) is 21.1 Å². The number of hydrogen-bond donors (Lipinski definition) is 0. The minimum atomic E-state index is -2.17. The molecule has 3 aromatic carbocycles. The normalized spacial score (nSPS) is 23.2. The van der Waals surface area contributed by atoms with Crippen molar-refractivity contribution in [2.24, 2.45) is 11.8 Å². The predicted molar refractivity (Wildman–Crippen MR) is 135 cm³/mol. The summed E-state index contributed by atoms with van der Waals surface area (Å²) in [7, 11) is 0. The molecule has 8 nitrogen and oxygen atoms in total. The van der Waals surface area contributed by atoms with E-state index in [0.29, 0.717) is 10.6 Å². The van der Waals surface area contributed by atoms with Crippen molar-refractivity contribution in [2.75, 3.05) is 11.5 Å². The van der Waals surface area contributed by atoms with Crippen molar-refractivity contribution in [1.29, 1.82) is 0 Å². The Hall–Kier alpha value is -4.14. The third-order valence-corrected chi connectivity index (χ3v) is 7.57. The van der Waals surface area contributed by atoms with Crippen molar-refractivity contribution in [3.05, 3.63) is 100 Å². The van der Waals surface area contributed by atoms with Crippen LogP contribution in [0, 0.1) is 11.8 Å². The quantitative estimate of drug-likeness (QED) is 0.283. The molecule has 0 unspecified atom stereocenters. The van der Waals surface area contributed by atoms with Gasteiger partial charge in [0, 0.05) is 16.1 Å². The summed E-state index contributed by atoms with van der Waals surface area (Å²) in [5.41, 5.74) is -0.934. The lowest BCUT2D eigenvalue weighted by Crippen LogP contribution is -2.51. The number of carbonyl (C=O) groups excluding carboxylic acids is 5. The summed E-state index contributed by atoms with van der Waals surface area (Å²) >= 11 is 6.21. The minimum Gasteiger partial charge on any atom is -0.462 e. The zero-order valence-electron chi connectivity index (χ0n) is 20.1. The summed E-state index contributed by atoms with van der Waals surface area (Å²) in [6.45, 7) is 1.88. The molecule has 190 valence electrons. The van der Waals surface area contributed by atoms with Gasteiger partial charge in [0.1, 0.15) is 0 Å². The standard InChI is InChI=1S/C29H20ClNO7/c1-2-37-28(36)15-10-12-18(13-11-15)31-26(34)21-22(27(31)35)29(38-23(21)16-6-5-7-17(30)14-16)24(32)19-8-3-4-9-20(19)25(29)33/h3-14,21-23H,2H2,1H3/t21-,22-,23+/m0/s1. The highest BCUT2D eigenvalue weighted by atomic mass is 35.5. The summed E-state index contributed by atoms with van der Waals surface area (Å²) < 4.78 is 11.2. The lowest BCUT2D eigenvalue weighted by atomic mass is 9.77.